The lowest BCUT2D eigenvalue weighted by Gasteiger charge is -2.25. The smallest absolute Gasteiger partial charge is 0.284 e. The number of benzene rings is 2. The second-order valence-corrected chi connectivity index (χ2v) is 9.60. The Kier molecular flexibility index (Phi) is 4.45. The van der Waals surface area contributed by atoms with Crippen LogP contribution in [0, 0.1) is 0 Å². The van der Waals surface area contributed by atoms with E-state index in [1.165, 1.54) is 22.5 Å². The normalized spacial score (nSPS) is 14.1. The maximum atomic E-state index is 13.6. The van der Waals surface area contributed by atoms with Gasteiger partial charge in [-0.15, -0.1) is 11.3 Å². The molecule has 0 spiro atoms. The number of anilines is 2. The first-order valence-electron chi connectivity index (χ1n) is 11.3. The van der Waals surface area contributed by atoms with Crippen molar-refractivity contribution in [1.29, 1.82) is 0 Å². The number of aromatic nitrogens is 6. The summed E-state index contributed by atoms with van der Waals surface area (Å²) in [5, 5.41) is 7.07. The van der Waals surface area contributed by atoms with Crippen LogP contribution in [0.3, 0.4) is 0 Å². The van der Waals surface area contributed by atoms with Crippen molar-refractivity contribution in [2.75, 3.05) is 18.9 Å². The molecule has 1 aliphatic heterocycles. The molecule has 9 nitrogen and oxygen atoms in total. The minimum atomic E-state index is -0.235. The number of nitrogens with one attached hydrogen (secondary N) is 1. The number of likely N-dealkylation sites (N-methyl/N-ethyl adjacent to an activating group) is 1. The molecule has 0 fully saturated rings. The number of fused-ring (bicyclic) bond motifs is 5. The fraction of sp³-hybridized carbons (Fsp3) is 0.160. The summed E-state index contributed by atoms with van der Waals surface area (Å²) in [6.45, 7) is 2.00. The van der Waals surface area contributed by atoms with Gasteiger partial charge < -0.3 is 10.2 Å². The Morgan fingerprint density at radius 2 is 1.94 bits per heavy atom. The Morgan fingerprint density at radius 1 is 1.03 bits per heavy atom. The lowest BCUT2D eigenvalue weighted by Crippen LogP contribution is -2.26. The summed E-state index contributed by atoms with van der Waals surface area (Å²) in [4.78, 5) is 34.2. The summed E-state index contributed by atoms with van der Waals surface area (Å²) in [6, 6.07) is 14.1. The van der Waals surface area contributed by atoms with Gasteiger partial charge in [-0.1, -0.05) is 18.2 Å². The van der Waals surface area contributed by atoms with E-state index in [1.54, 1.807) is 21.6 Å². The number of hydrogen-bond acceptors (Lipinski definition) is 8. The first kappa shape index (κ1) is 20.2. The van der Waals surface area contributed by atoms with Crippen molar-refractivity contribution in [2.45, 2.75) is 13.0 Å². The molecular weight excluding hydrogens is 460 g/mol. The minimum absolute atomic E-state index is 0.235. The molecule has 1 aliphatic rings. The molecular formula is C25H20N8OS. The van der Waals surface area contributed by atoms with Gasteiger partial charge in [-0.25, -0.2) is 19.6 Å². The average Bonchev–Trinajstić information content (AvgIpc) is 3.51. The van der Waals surface area contributed by atoms with Gasteiger partial charge in [0.05, 0.1) is 5.52 Å². The number of hydrogen-bond donors (Lipinski definition) is 1. The lowest BCUT2D eigenvalue weighted by molar-refractivity contribution is 0.313. The highest BCUT2D eigenvalue weighted by molar-refractivity contribution is 7.12. The molecule has 4 aromatic heterocycles. The Labute approximate surface area is 203 Å². The second-order valence-electron chi connectivity index (χ2n) is 8.72. The van der Waals surface area contributed by atoms with Crippen LogP contribution in [0.15, 0.2) is 65.0 Å². The van der Waals surface area contributed by atoms with E-state index in [4.69, 9.17) is 4.98 Å². The van der Waals surface area contributed by atoms with Crippen molar-refractivity contribution in [3.05, 3.63) is 81.7 Å². The van der Waals surface area contributed by atoms with Crippen molar-refractivity contribution < 1.29 is 0 Å². The summed E-state index contributed by atoms with van der Waals surface area (Å²) in [7, 11) is 2.14. The molecule has 5 heterocycles. The predicted octanol–water partition coefficient (Wildman–Crippen LogP) is 3.77. The molecule has 0 saturated heterocycles. The van der Waals surface area contributed by atoms with Crippen LogP contribution in [-0.2, 0) is 13.0 Å². The SMILES string of the molecule is CN1CCc2cc(Nc3ncc4c(=O)n5c(nc4n3)c3ccccc3n5-c3nccs3)ccc2C1. The minimum Gasteiger partial charge on any atom is -0.324 e. The molecule has 0 amide bonds. The first-order valence-corrected chi connectivity index (χ1v) is 12.2. The monoisotopic (exact) mass is 480 g/mol. The van der Waals surface area contributed by atoms with E-state index < -0.39 is 0 Å². The van der Waals surface area contributed by atoms with Gasteiger partial charge in [0, 0.05) is 41.9 Å². The molecule has 0 radical (unpaired) electrons. The third kappa shape index (κ3) is 3.22. The molecule has 172 valence electrons. The van der Waals surface area contributed by atoms with E-state index in [0.29, 0.717) is 27.8 Å². The van der Waals surface area contributed by atoms with Crippen molar-refractivity contribution in [2.24, 2.45) is 0 Å². The van der Waals surface area contributed by atoms with Crippen LogP contribution in [0.4, 0.5) is 11.6 Å². The molecule has 0 aliphatic carbocycles. The molecule has 2 aromatic carbocycles. The maximum absolute atomic E-state index is 13.6. The number of nitrogens with zero attached hydrogens (tertiary/aromatic N) is 7. The van der Waals surface area contributed by atoms with Crippen molar-refractivity contribution in [3.63, 3.8) is 0 Å². The third-order valence-corrected chi connectivity index (χ3v) is 7.19. The predicted molar refractivity (Wildman–Crippen MR) is 137 cm³/mol. The van der Waals surface area contributed by atoms with Gasteiger partial charge >= 0.3 is 0 Å². The average molecular weight is 481 g/mol. The Hall–Kier alpha value is -4.15. The fourth-order valence-corrected chi connectivity index (χ4v) is 5.40. The lowest BCUT2D eigenvalue weighted by atomic mass is 9.99. The molecule has 10 heteroatoms. The van der Waals surface area contributed by atoms with Gasteiger partial charge in [0.1, 0.15) is 5.39 Å². The quantitative estimate of drug-likeness (QED) is 0.412. The van der Waals surface area contributed by atoms with Gasteiger partial charge in [-0.3, -0.25) is 4.79 Å². The second kappa shape index (κ2) is 7.69. The molecule has 35 heavy (non-hydrogen) atoms. The Bertz CT molecular complexity index is 1800. The summed E-state index contributed by atoms with van der Waals surface area (Å²) in [5.74, 6) is 0.408. The van der Waals surface area contributed by atoms with E-state index in [2.05, 4.69) is 44.3 Å². The molecule has 7 rings (SSSR count). The number of rotatable bonds is 3. The van der Waals surface area contributed by atoms with E-state index in [1.807, 2.05) is 35.7 Å². The van der Waals surface area contributed by atoms with Gasteiger partial charge in [0.25, 0.3) is 5.56 Å². The maximum Gasteiger partial charge on any atom is 0.284 e. The third-order valence-electron chi connectivity index (χ3n) is 6.44. The first-order chi connectivity index (χ1) is 17.2. The summed E-state index contributed by atoms with van der Waals surface area (Å²) in [5.41, 5.74) is 5.12. The summed E-state index contributed by atoms with van der Waals surface area (Å²) in [6.07, 6.45) is 4.28. The molecule has 0 atom stereocenters. The van der Waals surface area contributed by atoms with Crippen LogP contribution in [0.25, 0.3) is 32.7 Å². The van der Waals surface area contributed by atoms with Crippen LogP contribution >= 0.6 is 11.3 Å². The van der Waals surface area contributed by atoms with Crippen LogP contribution in [0.2, 0.25) is 0 Å². The molecule has 0 bridgehead atoms. The van der Waals surface area contributed by atoms with Crippen LogP contribution in [0.5, 0.6) is 0 Å². The zero-order valence-corrected chi connectivity index (χ0v) is 19.7. The number of para-hydroxylation sites is 1. The van der Waals surface area contributed by atoms with E-state index in [-0.39, 0.29) is 5.56 Å². The zero-order chi connectivity index (χ0) is 23.5. The van der Waals surface area contributed by atoms with E-state index in [0.717, 1.165) is 36.1 Å². The molecule has 0 unspecified atom stereocenters. The van der Waals surface area contributed by atoms with Gasteiger partial charge in [-0.2, -0.15) is 9.50 Å². The topological polar surface area (TPSA) is 93.2 Å². The van der Waals surface area contributed by atoms with Gasteiger partial charge in [0.15, 0.2) is 11.3 Å². The summed E-state index contributed by atoms with van der Waals surface area (Å²) >= 11 is 1.46. The highest BCUT2D eigenvalue weighted by atomic mass is 32.1. The van der Waals surface area contributed by atoms with Crippen LogP contribution in [-0.4, -0.2) is 47.6 Å². The van der Waals surface area contributed by atoms with Crippen LogP contribution < -0.4 is 10.9 Å². The zero-order valence-electron chi connectivity index (χ0n) is 18.8. The van der Waals surface area contributed by atoms with E-state index >= 15 is 0 Å². The number of thiazole rings is 1. The van der Waals surface area contributed by atoms with Crippen molar-refractivity contribution >= 4 is 50.6 Å². The molecule has 6 aromatic rings. The van der Waals surface area contributed by atoms with E-state index in [9.17, 15) is 4.79 Å². The standard InChI is InChI=1S/C25H20N8OS/c1-31-10-8-15-12-17(7-6-16(15)14-31)28-24-27-13-19-21(30-24)29-22-18-4-2-3-5-20(18)32(33(22)23(19)34)25-26-9-11-35-25/h2-7,9,11-13H,8,10,14H2,1H3,(H,27,28,30). The van der Waals surface area contributed by atoms with Gasteiger partial charge in [0.2, 0.25) is 11.1 Å². The Balaban J connectivity index is 1.37. The highest BCUT2D eigenvalue weighted by Crippen LogP contribution is 2.26. The highest BCUT2D eigenvalue weighted by Gasteiger charge is 2.19. The van der Waals surface area contributed by atoms with Crippen molar-refractivity contribution in [1.82, 2.24) is 34.0 Å². The Morgan fingerprint density at radius 3 is 2.83 bits per heavy atom. The molecule has 1 N–H and O–H groups in total. The molecule has 0 saturated carbocycles. The largest absolute Gasteiger partial charge is 0.324 e. The fourth-order valence-electron chi connectivity index (χ4n) is 4.75. The van der Waals surface area contributed by atoms with Crippen molar-refractivity contribution in [3.8, 4) is 5.13 Å². The van der Waals surface area contributed by atoms with Gasteiger partial charge in [-0.05, 0) is 48.9 Å². The van der Waals surface area contributed by atoms with Crippen LogP contribution in [0.1, 0.15) is 11.1 Å². The summed E-state index contributed by atoms with van der Waals surface area (Å²) < 4.78 is 3.36.